The third-order valence-corrected chi connectivity index (χ3v) is 8.83. The lowest BCUT2D eigenvalue weighted by molar-refractivity contribution is -0.222. The Balaban J connectivity index is 1.89. The normalized spacial score (nSPS) is 47.2. The van der Waals surface area contributed by atoms with Crippen molar-refractivity contribution in [2.75, 3.05) is 0 Å². The van der Waals surface area contributed by atoms with Crippen LogP contribution in [-0.4, -0.2) is 40.9 Å². The quantitative estimate of drug-likeness (QED) is 0.566. The second-order valence-electron chi connectivity index (χ2n) is 12.2. The van der Waals surface area contributed by atoms with E-state index in [4.69, 9.17) is 4.74 Å². The molecule has 9 atom stereocenters. The van der Waals surface area contributed by atoms with E-state index in [1.165, 1.54) is 19.9 Å². The van der Waals surface area contributed by atoms with Crippen molar-refractivity contribution in [3.8, 4) is 0 Å². The fourth-order valence-corrected chi connectivity index (χ4v) is 8.09. The van der Waals surface area contributed by atoms with Crippen LogP contribution in [0.15, 0.2) is 23.6 Å². The molecule has 0 unspecified atom stereocenters. The van der Waals surface area contributed by atoms with Gasteiger partial charge in [-0.25, -0.2) is 13.2 Å². The molecule has 0 aliphatic heterocycles. The number of carbonyl (C=O) groups excluding carboxylic acids is 2. The first kappa shape index (κ1) is 24.5. The SMILES string of the molecule is CC(=O)O[C@@H]1[C@H](C)C[C@H]2[C@@H]3C[C@H](F)C4=C(F)C(=O)C=C[C@]4(C)[C@@]3(F)[C@@H](O)C[C@]12CC(C)(C)C. The maximum absolute atomic E-state index is 17.3. The summed E-state index contributed by atoms with van der Waals surface area (Å²) in [7, 11) is 0. The van der Waals surface area contributed by atoms with E-state index in [9.17, 15) is 19.1 Å². The maximum Gasteiger partial charge on any atom is 0.302 e. The second-order valence-corrected chi connectivity index (χ2v) is 12.2. The number of fused-ring (bicyclic) bond motifs is 5. The number of ether oxygens (including phenoxy) is 1. The minimum absolute atomic E-state index is 0.0213. The summed E-state index contributed by atoms with van der Waals surface area (Å²) in [5.74, 6) is -4.04. The van der Waals surface area contributed by atoms with E-state index in [0.29, 0.717) is 12.8 Å². The average Bonchev–Trinajstić information content (AvgIpc) is 2.91. The number of ketones is 1. The third kappa shape index (κ3) is 3.28. The Bertz CT molecular complexity index is 936. The topological polar surface area (TPSA) is 63.6 Å². The molecule has 7 heteroatoms. The van der Waals surface area contributed by atoms with Gasteiger partial charge in [0.1, 0.15) is 12.3 Å². The summed E-state index contributed by atoms with van der Waals surface area (Å²) in [6, 6.07) is 0. The first-order valence-corrected chi connectivity index (χ1v) is 11.9. The minimum atomic E-state index is -2.35. The number of allylic oxidation sites excluding steroid dienone is 4. The molecule has 3 saturated carbocycles. The molecular formula is C26H35F3O4. The van der Waals surface area contributed by atoms with Gasteiger partial charge in [0.25, 0.3) is 0 Å². The standard InChI is InChI=1S/C26H35F3O4/c1-13-9-15-16-10-17(27)20-21(28)18(31)7-8-24(20,6)26(16,29)19(32)11-25(15,12-23(3,4)5)22(13)33-14(2)30/h7-8,13,15-17,19,22,32H,9-12H2,1-6H3/t13-,15+,16+,17+,19+,22-,24+,25-,26+/m1/s1. The molecule has 1 N–H and O–H groups in total. The summed E-state index contributed by atoms with van der Waals surface area (Å²) < 4.78 is 53.5. The largest absolute Gasteiger partial charge is 0.462 e. The van der Waals surface area contributed by atoms with Crippen LogP contribution >= 0.6 is 0 Å². The van der Waals surface area contributed by atoms with Gasteiger partial charge in [-0.15, -0.1) is 0 Å². The molecule has 0 aromatic heterocycles. The van der Waals surface area contributed by atoms with Crippen molar-refractivity contribution in [3.05, 3.63) is 23.6 Å². The van der Waals surface area contributed by atoms with Gasteiger partial charge in [0, 0.05) is 29.2 Å². The third-order valence-electron chi connectivity index (χ3n) is 8.83. The zero-order valence-electron chi connectivity index (χ0n) is 20.3. The van der Waals surface area contributed by atoms with Gasteiger partial charge in [0.15, 0.2) is 11.5 Å². The Morgan fingerprint density at radius 2 is 1.91 bits per heavy atom. The minimum Gasteiger partial charge on any atom is -0.462 e. The predicted molar refractivity (Wildman–Crippen MR) is 117 cm³/mol. The second kappa shape index (κ2) is 7.43. The van der Waals surface area contributed by atoms with Gasteiger partial charge in [-0.1, -0.05) is 33.8 Å². The number of carbonyl (C=O) groups is 2. The lowest BCUT2D eigenvalue weighted by Gasteiger charge is -2.63. The molecule has 0 saturated heterocycles. The fourth-order valence-electron chi connectivity index (χ4n) is 8.09. The highest BCUT2D eigenvalue weighted by Gasteiger charge is 2.74. The summed E-state index contributed by atoms with van der Waals surface area (Å²) in [6.45, 7) is 10.8. The van der Waals surface area contributed by atoms with Crippen molar-refractivity contribution in [1.29, 1.82) is 0 Å². The van der Waals surface area contributed by atoms with Crippen molar-refractivity contribution < 1.29 is 32.6 Å². The molecule has 0 spiro atoms. The average molecular weight is 469 g/mol. The molecule has 4 aliphatic carbocycles. The van der Waals surface area contributed by atoms with Crippen LogP contribution in [-0.2, 0) is 14.3 Å². The molecular weight excluding hydrogens is 433 g/mol. The van der Waals surface area contributed by atoms with Crippen molar-refractivity contribution in [2.45, 2.75) is 91.3 Å². The number of aliphatic hydroxyl groups is 1. The van der Waals surface area contributed by atoms with E-state index < -0.39 is 63.9 Å². The van der Waals surface area contributed by atoms with E-state index in [2.05, 4.69) is 0 Å². The van der Waals surface area contributed by atoms with E-state index in [-0.39, 0.29) is 30.1 Å². The van der Waals surface area contributed by atoms with E-state index in [1.54, 1.807) is 0 Å². The monoisotopic (exact) mass is 468 g/mol. The highest BCUT2D eigenvalue weighted by molar-refractivity contribution is 6.04. The van der Waals surface area contributed by atoms with Crippen LogP contribution in [0.3, 0.4) is 0 Å². The molecule has 0 amide bonds. The van der Waals surface area contributed by atoms with Gasteiger partial charge in [-0.3, -0.25) is 9.59 Å². The Labute approximate surface area is 193 Å². The molecule has 4 aliphatic rings. The number of alkyl halides is 2. The van der Waals surface area contributed by atoms with Crippen LogP contribution in [0.5, 0.6) is 0 Å². The fraction of sp³-hybridized carbons (Fsp3) is 0.769. The lowest BCUT2D eigenvalue weighted by Crippen LogP contribution is -2.69. The molecule has 4 nitrogen and oxygen atoms in total. The number of halogens is 3. The number of rotatable bonds is 2. The van der Waals surface area contributed by atoms with Crippen molar-refractivity contribution in [2.24, 2.45) is 34.0 Å². The van der Waals surface area contributed by atoms with Gasteiger partial charge in [0.2, 0.25) is 5.78 Å². The summed E-state index contributed by atoms with van der Waals surface area (Å²) in [4.78, 5) is 23.9. The zero-order valence-corrected chi connectivity index (χ0v) is 20.3. The maximum atomic E-state index is 17.3. The Morgan fingerprint density at radius 3 is 2.48 bits per heavy atom. The van der Waals surface area contributed by atoms with Crippen LogP contribution in [0.1, 0.15) is 67.2 Å². The molecule has 3 fully saturated rings. The highest BCUT2D eigenvalue weighted by atomic mass is 19.2. The number of esters is 1. The Kier molecular flexibility index (Phi) is 5.52. The molecule has 184 valence electrons. The van der Waals surface area contributed by atoms with E-state index in [1.807, 2.05) is 27.7 Å². The van der Waals surface area contributed by atoms with Crippen LogP contribution in [0, 0.1) is 34.0 Å². The number of aliphatic hydroxyl groups excluding tert-OH is 1. The molecule has 0 heterocycles. The Morgan fingerprint density at radius 1 is 1.27 bits per heavy atom. The molecule has 4 rings (SSSR count). The van der Waals surface area contributed by atoms with Crippen LogP contribution in [0.25, 0.3) is 0 Å². The summed E-state index contributed by atoms with van der Waals surface area (Å²) in [5.41, 5.74) is -5.57. The summed E-state index contributed by atoms with van der Waals surface area (Å²) in [6.07, 6.45) is -0.912. The summed E-state index contributed by atoms with van der Waals surface area (Å²) in [5, 5.41) is 11.5. The number of hydrogen-bond donors (Lipinski definition) is 1. The number of hydrogen-bond acceptors (Lipinski definition) is 4. The van der Waals surface area contributed by atoms with E-state index >= 15 is 8.78 Å². The highest BCUT2D eigenvalue weighted by Crippen LogP contribution is 2.71. The Hall–Kier alpha value is -1.63. The molecule has 33 heavy (non-hydrogen) atoms. The molecule has 0 bridgehead atoms. The van der Waals surface area contributed by atoms with Crippen LogP contribution < -0.4 is 0 Å². The van der Waals surface area contributed by atoms with Crippen molar-refractivity contribution in [3.63, 3.8) is 0 Å². The zero-order chi connectivity index (χ0) is 24.7. The van der Waals surface area contributed by atoms with E-state index in [0.717, 1.165) is 6.08 Å². The van der Waals surface area contributed by atoms with Crippen molar-refractivity contribution in [1.82, 2.24) is 0 Å². The molecule has 0 radical (unpaired) electrons. The summed E-state index contributed by atoms with van der Waals surface area (Å²) >= 11 is 0. The smallest absolute Gasteiger partial charge is 0.302 e. The van der Waals surface area contributed by atoms with Gasteiger partial charge in [-0.05, 0) is 55.9 Å². The van der Waals surface area contributed by atoms with Gasteiger partial charge < -0.3 is 9.84 Å². The van der Waals surface area contributed by atoms with Gasteiger partial charge in [0.05, 0.1) is 6.10 Å². The van der Waals surface area contributed by atoms with Gasteiger partial charge >= 0.3 is 5.97 Å². The molecule has 0 aromatic carbocycles. The van der Waals surface area contributed by atoms with Crippen LogP contribution in [0.2, 0.25) is 0 Å². The van der Waals surface area contributed by atoms with Crippen LogP contribution in [0.4, 0.5) is 13.2 Å². The lowest BCUT2D eigenvalue weighted by atomic mass is 9.44. The first-order valence-electron chi connectivity index (χ1n) is 11.9. The van der Waals surface area contributed by atoms with Crippen molar-refractivity contribution >= 4 is 11.8 Å². The predicted octanol–water partition coefficient (Wildman–Crippen LogP) is 5.20. The van der Waals surface area contributed by atoms with Gasteiger partial charge in [-0.2, -0.15) is 0 Å². The molecule has 0 aromatic rings. The first-order chi connectivity index (χ1) is 15.1.